The molecule has 0 aliphatic heterocycles. The number of hydrogen-bond donors (Lipinski definition) is 1. The minimum absolute atomic E-state index is 0.295. The van der Waals surface area contributed by atoms with Crippen LogP contribution in [0.4, 0.5) is 0 Å². The number of hydrogen-bond acceptors (Lipinski definition) is 5. The summed E-state index contributed by atoms with van der Waals surface area (Å²) in [5, 5.41) is 0. The van der Waals surface area contributed by atoms with Gasteiger partial charge in [0, 0.05) is 0 Å². The summed E-state index contributed by atoms with van der Waals surface area (Å²) in [5.74, 6) is -1.66. The van der Waals surface area contributed by atoms with Gasteiger partial charge in [-0.05, 0) is 6.42 Å². The van der Waals surface area contributed by atoms with Crippen LogP contribution in [0.1, 0.15) is 20.3 Å². The van der Waals surface area contributed by atoms with E-state index in [9.17, 15) is 18.0 Å². The van der Waals surface area contributed by atoms with Crippen LogP contribution in [0.15, 0.2) is 0 Å². The molecule has 0 aliphatic carbocycles. The zero-order chi connectivity index (χ0) is 12.1. The lowest BCUT2D eigenvalue weighted by Gasteiger charge is -2.08. The van der Waals surface area contributed by atoms with Crippen molar-refractivity contribution in [2.24, 2.45) is 5.92 Å². The fourth-order valence-electron chi connectivity index (χ4n) is 0.682. The third-order valence-corrected chi connectivity index (χ3v) is 2.26. The van der Waals surface area contributed by atoms with Gasteiger partial charge in [-0.2, -0.15) is 0 Å². The standard InChI is InChI=1S/C8H15NO5S/c1-4-6(2)8(11)14-5-7(10)9-15(3,12)13/h6H,4-5H2,1-3H3,(H,9,10). The van der Waals surface area contributed by atoms with Crippen molar-refractivity contribution in [3.8, 4) is 0 Å². The molecule has 1 N–H and O–H groups in total. The lowest BCUT2D eigenvalue weighted by molar-refractivity contribution is -0.151. The Bertz CT molecular complexity index is 335. The number of sulfonamides is 1. The van der Waals surface area contributed by atoms with E-state index < -0.39 is 28.5 Å². The van der Waals surface area contributed by atoms with E-state index in [1.54, 1.807) is 11.6 Å². The highest BCUT2D eigenvalue weighted by Gasteiger charge is 2.15. The van der Waals surface area contributed by atoms with Crippen molar-refractivity contribution in [3.63, 3.8) is 0 Å². The van der Waals surface area contributed by atoms with Crippen molar-refractivity contribution < 1.29 is 22.7 Å². The van der Waals surface area contributed by atoms with Gasteiger partial charge >= 0.3 is 5.97 Å². The molecular weight excluding hydrogens is 222 g/mol. The van der Waals surface area contributed by atoms with Gasteiger partial charge in [0.2, 0.25) is 10.0 Å². The molecule has 0 aliphatic rings. The van der Waals surface area contributed by atoms with E-state index in [4.69, 9.17) is 0 Å². The van der Waals surface area contributed by atoms with Crippen LogP contribution in [0, 0.1) is 5.92 Å². The summed E-state index contributed by atoms with van der Waals surface area (Å²) in [6, 6.07) is 0. The molecule has 1 unspecified atom stereocenters. The minimum atomic E-state index is -3.59. The second-order valence-corrected chi connectivity index (χ2v) is 4.96. The van der Waals surface area contributed by atoms with E-state index in [1.165, 1.54) is 0 Å². The first kappa shape index (κ1) is 13.9. The summed E-state index contributed by atoms with van der Waals surface area (Å²) in [5.41, 5.74) is 0. The maximum atomic E-state index is 11.1. The summed E-state index contributed by atoms with van der Waals surface area (Å²) in [6.07, 6.45) is 1.45. The second kappa shape index (κ2) is 5.69. The van der Waals surface area contributed by atoms with Gasteiger partial charge in [0.1, 0.15) is 0 Å². The molecule has 0 rings (SSSR count). The lowest BCUT2D eigenvalue weighted by Crippen LogP contribution is -2.33. The van der Waals surface area contributed by atoms with Gasteiger partial charge in [-0.15, -0.1) is 0 Å². The third kappa shape index (κ3) is 6.89. The fraction of sp³-hybridized carbons (Fsp3) is 0.750. The number of amides is 1. The van der Waals surface area contributed by atoms with E-state index in [0.717, 1.165) is 6.26 Å². The lowest BCUT2D eigenvalue weighted by atomic mass is 10.1. The molecule has 0 heterocycles. The molecule has 7 heteroatoms. The van der Waals surface area contributed by atoms with Gasteiger partial charge in [-0.25, -0.2) is 8.42 Å². The quantitative estimate of drug-likeness (QED) is 0.660. The molecule has 0 aromatic rings. The summed E-state index contributed by atoms with van der Waals surface area (Å²) in [6.45, 7) is 2.90. The van der Waals surface area contributed by atoms with Gasteiger partial charge in [0.05, 0.1) is 12.2 Å². The molecule has 0 saturated carbocycles. The summed E-state index contributed by atoms with van der Waals surface area (Å²) < 4.78 is 27.5. The van der Waals surface area contributed by atoms with Gasteiger partial charge in [-0.1, -0.05) is 13.8 Å². The number of carbonyl (C=O) groups is 2. The first-order valence-corrected chi connectivity index (χ1v) is 6.32. The number of ether oxygens (including phenoxy) is 1. The van der Waals surface area contributed by atoms with Crippen LogP contribution in [-0.4, -0.2) is 33.2 Å². The Balaban J connectivity index is 3.97. The number of carbonyl (C=O) groups excluding carboxylic acids is 2. The van der Waals surface area contributed by atoms with Crippen LogP contribution in [-0.2, 0) is 24.3 Å². The number of nitrogens with one attached hydrogen (secondary N) is 1. The van der Waals surface area contributed by atoms with Gasteiger partial charge in [0.25, 0.3) is 5.91 Å². The topological polar surface area (TPSA) is 89.5 Å². The van der Waals surface area contributed by atoms with Crippen molar-refractivity contribution >= 4 is 21.9 Å². The van der Waals surface area contributed by atoms with Crippen molar-refractivity contribution in [2.45, 2.75) is 20.3 Å². The SMILES string of the molecule is CCC(C)C(=O)OCC(=O)NS(C)(=O)=O. The van der Waals surface area contributed by atoms with Gasteiger partial charge < -0.3 is 4.74 Å². The molecule has 0 radical (unpaired) electrons. The molecule has 6 nitrogen and oxygen atoms in total. The molecule has 0 spiro atoms. The van der Waals surface area contributed by atoms with Crippen LogP contribution in [0.3, 0.4) is 0 Å². The average molecular weight is 237 g/mol. The van der Waals surface area contributed by atoms with Crippen LogP contribution in [0.5, 0.6) is 0 Å². The predicted octanol–water partition coefficient (Wildman–Crippen LogP) is -0.348. The van der Waals surface area contributed by atoms with Crippen molar-refractivity contribution in [3.05, 3.63) is 0 Å². The summed E-state index contributed by atoms with van der Waals surface area (Å²) in [4.78, 5) is 22.0. The van der Waals surface area contributed by atoms with Crippen molar-refractivity contribution in [2.75, 3.05) is 12.9 Å². The zero-order valence-electron chi connectivity index (χ0n) is 8.94. The van der Waals surface area contributed by atoms with Gasteiger partial charge in [-0.3, -0.25) is 14.3 Å². The Morgan fingerprint density at radius 2 is 1.93 bits per heavy atom. The summed E-state index contributed by atoms with van der Waals surface area (Å²) in [7, 11) is -3.59. The molecular formula is C8H15NO5S. The maximum Gasteiger partial charge on any atom is 0.309 e. The highest BCUT2D eigenvalue weighted by atomic mass is 32.2. The highest BCUT2D eigenvalue weighted by molar-refractivity contribution is 7.89. The Morgan fingerprint density at radius 3 is 2.33 bits per heavy atom. The van der Waals surface area contributed by atoms with E-state index in [0.29, 0.717) is 6.42 Å². The highest BCUT2D eigenvalue weighted by Crippen LogP contribution is 2.02. The number of esters is 1. The number of rotatable bonds is 5. The molecule has 0 bridgehead atoms. The second-order valence-electron chi connectivity index (χ2n) is 3.21. The average Bonchev–Trinajstić information content (AvgIpc) is 2.10. The molecule has 0 saturated heterocycles. The first-order chi connectivity index (χ1) is 6.76. The molecule has 88 valence electrons. The smallest absolute Gasteiger partial charge is 0.309 e. The maximum absolute atomic E-state index is 11.1. The normalized spacial score (nSPS) is 13.0. The Labute approximate surface area is 89.0 Å². The zero-order valence-corrected chi connectivity index (χ0v) is 9.76. The van der Waals surface area contributed by atoms with Crippen molar-refractivity contribution in [1.29, 1.82) is 0 Å². The van der Waals surface area contributed by atoms with E-state index in [1.807, 2.05) is 6.92 Å². The van der Waals surface area contributed by atoms with E-state index in [-0.39, 0.29) is 5.92 Å². The van der Waals surface area contributed by atoms with E-state index in [2.05, 4.69) is 4.74 Å². The van der Waals surface area contributed by atoms with Crippen LogP contribution in [0.25, 0.3) is 0 Å². The van der Waals surface area contributed by atoms with Crippen LogP contribution in [0.2, 0.25) is 0 Å². The van der Waals surface area contributed by atoms with Crippen LogP contribution >= 0.6 is 0 Å². The third-order valence-electron chi connectivity index (χ3n) is 1.66. The van der Waals surface area contributed by atoms with Crippen LogP contribution < -0.4 is 4.72 Å². The molecule has 15 heavy (non-hydrogen) atoms. The largest absolute Gasteiger partial charge is 0.455 e. The van der Waals surface area contributed by atoms with E-state index >= 15 is 0 Å². The predicted molar refractivity (Wildman–Crippen MR) is 53.4 cm³/mol. The molecule has 0 fully saturated rings. The van der Waals surface area contributed by atoms with Gasteiger partial charge in [0.15, 0.2) is 6.61 Å². The summed E-state index contributed by atoms with van der Waals surface area (Å²) >= 11 is 0. The molecule has 0 aromatic heterocycles. The fourth-order valence-corrected chi connectivity index (χ4v) is 1.15. The Hall–Kier alpha value is -1.11. The Kier molecular flexibility index (Phi) is 5.27. The molecule has 0 aromatic carbocycles. The first-order valence-electron chi connectivity index (χ1n) is 4.43. The Morgan fingerprint density at radius 1 is 1.40 bits per heavy atom. The molecule has 1 atom stereocenters. The minimum Gasteiger partial charge on any atom is -0.455 e. The molecule has 1 amide bonds. The monoisotopic (exact) mass is 237 g/mol. The van der Waals surface area contributed by atoms with Crippen molar-refractivity contribution in [1.82, 2.24) is 4.72 Å².